The van der Waals surface area contributed by atoms with Gasteiger partial charge in [-0.15, -0.1) is 19.3 Å². The van der Waals surface area contributed by atoms with E-state index in [2.05, 4.69) is 29.9 Å². The molecule has 6 rings (SSSR count). The molecule has 6 N–H and O–H groups in total. The Bertz CT molecular complexity index is 2430. The molecule has 0 aliphatic rings. The summed E-state index contributed by atoms with van der Waals surface area (Å²) in [5.74, 6) is 5.62. The molecule has 2 atom stereocenters. The van der Waals surface area contributed by atoms with Gasteiger partial charge in [0.1, 0.15) is 12.1 Å². The maximum Gasteiger partial charge on any atom is 0.320 e. The fourth-order valence-corrected chi connectivity index (χ4v) is 6.00. The Morgan fingerprint density at radius 3 is 1.82 bits per heavy atom. The predicted molar refractivity (Wildman–Crippen MR) is 198 cm³/mol. The number of aliphatic carboxylic acids is 2. The minimum atomic E-state index is -1.16. The number of hydrogen-bond acceptors (Lipinski definition) is 6. The summed E-state index contributed by atoms with van der Waals surface area (Å²) < 4.78 is 5.61. The molecule has 12 heteroatoms. The number of aryl methyl sites for hydroxylation is 3. The maximum absolute atomic E-state index is 11.2. The smallest absolute Gasteiger partial charge is 0.320 e. The highest BCUT2D eigenvalue weighted by molar-refractivity contribution is 5.97. The van der Waals surface area contributed by atoms with Crippen LogP contribution in [0, 0.1) is 47.1 Å². The number of para-hydroxylation sites is 2. The molecule has 0 bridgehead atoms. The Morgan fingerprint density at radius 2 is 1.25 bits per heavy atom. The van der Waals surface area contributed by atoms with E-state index in [4.69, 9.17) is 41.0 Å². The number of terminal acetylenes is 3. The zero-order valence-electron chi connectivity index (χ0n) is 28.2. The van der Waals surface area contributed by atoms with E-state index in [1.165, 1.54) is 17.5 Å². The van der Waals surface area contributed by atoms with Crippen molar-refractivity contribution in [2.75, 3.05) is 0 Å². The number of hydrogen-bond donors (Lipinski definition) is 4. The predicted octanol–water partition coefficient (Wildman–Crippen LogP) is 4.30. The Kier molecular flexibility index (Phi) is 11.3. The minimum Gasteiger partial charge on any atom is -0.480 e. The second-order valence-corrected chi connectivity index (χ2v) is 11.7. The van der Waals surface area contributed by atoms with Crippen LogP contribution in [-0.2, 0) is 43.6 Å². The molecule has 0 aliphatic carbocycles. The van der Waals surface area contributed by atoms with Gasteiger partial charge in [-0.1, -0.05) is 42.0 Å². The number of carboxylic acids is 2. The van der Waals surface area contributed by atoms with E-state index < -0.39 is 28.9 Å². The molecule has 12 nitrogen and oxygen atoms in total. The lowest BCUT2D eigenvalue weighted by molar-refractivity contribution is -0.383. The van der Waals surface area contributed by atoms with Crippen LogP contribution in [0.1, 0.15) is 27.8 Å². The first-order chi connectivity index (χ1) is 24.2. The molecule has 3 aromatic heterocycles. The molecule has 0 fully saturated rings. The average Bonchev–Trinajstić information content (AvgIpc) is 3.76. The molecule has 0 spiro atoms. The van der Waals surface area contributed by atoms with E-state index in [0.29, 0.717) is 28.5 Å². The van der Waals surface area contributed by atoms with Crippen LogP contribution >= 0.6 is 0 Å². The van der Waals surface area contributed by atoms with Gasteiger partial charge in [0.15, 0.2) is 0 Å². The summed E-state index contributed by atoms with van der Waals surface area (Å²) in [5.41, 5.74) is 17.2. The van der Waals surface area contributed by atoms with Gasteiger partial charge in [-0.3, -0.25) is 19.7 Å². The van der Waals surface area contributed by atoms with E-state index in [-0.39, 0.29) is 12.1 Å². The summed E-state index contributed by atoms with van der Waals surface area (Å²) in [4.78, 5) is 32.4. The normalized spacial score (nSPS) is 11.6. The monoisotopic (exact) mass is 684 g/mol. The first-order valence-electron chi connectivity index (χ1n) is 15.5. The number of nitrogens with two attached hydrogens (primary N) is 2. The summed E-state index contributed by atoms with van der Waals surface area (Å²) >= 11 is 0. The topological polar surface area (TPSA) is 185 Å². The van der Waals surface area contributed by atoms with Gasteiger partial charge >= 0.3 is 11.9 Å². The summed E-state index contributed by atoms with van der Waals surface area (Å²) in [6.07, 6.45) is 22.1. The molecule has 51 heavy (non-hydrogen) atoms. The van der Waals surface area contributed by atoms with Crippen LogP contribution in [0.25, 0.3) is 32.7 Å². The van der Waals surface area contributed by atoms with Crippen LogP contribution in [0.15, 0.2) is 73.2 Å². The van der Waals surface area contributed by atoms with Crippen molar-refractivity contribution in [3.8, 4) is 37.0 Å². The molecule has 3 heterocycles. The van der Waals surface area contributed by atoms with Crippen molar-refractivity contribution < 1.29 is 24.7 Å². The van der Waals surface area contributed by atoms with E-state index in [1.807, 2.05) is 66.0 Å². The van der Waals surface area contributed by atoms with E-state index >= 15 is 0 Å². The van der Waals surface area contributed by atoms with E-state index in [0.717, 1.165) is 33.1 Å². The summed E-state index contributed by atoms with van der Waals surface area (Å²) in [5, 5.41) is 31.5. The second-order valence-electron chi connectivity index (χ2n) is 11.7. The van der Waals surface area contributed by atoms with Crippen molar-refractivity contribution in [2.24, 2.45) is 32.6 Å². The highest BCUT2D eigenvalue weighted by atomic mass is 16.6. The van der Waals surface area contributed by atoms with Gasteiger partial charge in [-0.25, -0.2) is 0 Å². The molecule has 0 saturated heterocycles. The van der Waals surface area contributed by atoms with Crippen molar-refractivity contribution in [1.29, 1.82) is 0 Å². The number of rotatable bonds is 7. The molecule has 3 aromatic carbocycles. The number of aromatic nitrogens is 3. The number of nitro groups is 1. The molecule has 2 unspecified atom stereocenters. The highest BCUT2D eigenvalue weighted by Gasteiger charge is 2.24. The van der Waals surface area contributed by atoms with Crippen molar-refractivity contribution in [1.82, 2.24) is 13.7 Å². The lowest BCUT2D eigenvalue weighted by atomic mass is 10.0. The highest BCUT2D eigenvalue weighted by Crippen LogP contribution is 2.33. The number of fused-ring (bicyclic) bond motifs is 3. The molecule has 0 radical (unpaired) electrons. The van der Waals surface area contributed by atoms with E-state index in [1.54, 1.807) is 17.8 Å². The number of benzene rings is 3. The average molecular weight is 685 g/mol. The number of non-ortho nitro benzene ring substituents is 1. The largest absolute Gasteiger partial charge is 0.480 e. The standard InChI is InChI=1S/C14H13N3O4.C14H14N2O2.C11H9N/c1-3-8-4-5-11(17(20)21)12-9(6-10(15)14(18)19)7-16(2)13(8)12;1-3-9-5-4-6-11-10(7-12(15)14(17)18)8-16(2)13(9)11;1-3-9-5-4-6-10-7-8-12(2)11(9)10/h1,4-5,7,10H,6,15H2,2H3,(H,18,19);1,4-6,8,12H,7,15H2,2H3,(H,17,18);1,4-8H,2H3. The van der Waals surface area contributed by atoms with Crippen LogP contribution in [0.2, 0.25) is 0 Å². The Morgan fingerprint density at radius 1 is 0.745 bits per heavy atom. The van der Waals surface area contributed by atoms with Crippen LogP contribution in [0.3, 0.4) is 0 Å². The molecule has 258 valence electrons. The fourth-order valence-electron chi connectivity index (χ4n) is 6.00. The fraction of sp³-hybridized carbons (Fsp3) is 0.179. The van der Waals surface area contributed by atoms with Crippen molar-refractivity contribution in [3.63, 3.8) is 0 Å². The third-order valence-corrected chi connectivity index (χ3v) is 8.34. The first kappa shape index (κ1) is 37.0. The van der Waals surface area contributed by atoms with Gasteiger partial charge < -0.3 is 35.4 Å². The van der Waals surface area contributed by atoms with Gasteiger partial charge in [0.05, 0.1) is 26.9 Å². The molecule has 6 aromatic rings. The molecular formula is C39H36N6O6. The molecule has 0 saturated carbocycles. The van der Waals surface area contributed by atoms with Gasteiger partial charge in [-0.05, 0) is 35.4 Å². The Hall–Kier alpha value is -6.78. The zero-order chi connectivity index (χ0) is 37.6. The summed E-state index contributed by atoms with van der Waals surface area (Å²) in [6.45, 7) is 0. The van der Waals surface area contributed by atoms with Crippen LogP contribution in [0.4, 0.5) is 5.69 Å². The van der Waals surface area contributed by atoms with Crippen LogP contribution < -0.4 is 11.5 Å². The van der Waals surface area contributed by atoms with E-state index in [9.17, 15) is 19.7 Å². The van der Waals surface area contributed by atoms with Gasteiger partial charge in [0.25, 0.3) is 5.69 Å². The quantitative estimate of drug-likeness (QED) is 0.109. The third kappa shape index (κ3) is 7.77. The number of nitro benzene ring substituents is 1. The van der Waals surface area contributed by atoms with Crippen molar-refractivity contribution in [2.45, 2.75) is 24.9 Å². The van der Waals surface area contributed by atoms with Crippen molar-refractivity contribution >= 4 is 50.3 Å². The molecule has 0 aliphatic heterocycles. The first-order valence-corrected chi connectivity index (χ1v) is 15.5. The number of carbonyl (C=O) groups is 2. The summed E-state index contributed by atoms with van der Waals surface area (Å²) in [6, 6.07) is 14.5. The maximum atomic E-state index is 11.2. The Balaban J connectivity index is 0.000000177. The molecule has 0 amide bonds. The SMILES string of the molecule is C#Cc1ccc([N+](=O)[O-])c2c(CC(N)C(=O)O)cn(C)c12.C#Cc1cccc2c(CC(N)C(=O)O)cn(C)c12.C#Cc1cccc2ccn(C)c12. The van der Waals surface area contributed by atoms with Crippen LogP contribution in [-0.4, -0.2) is 52.9 Å². The number of nitrogens with zero attached hydrogens (tertiary/aromatic N) is 4. The summed E-state index contributed by atoms with van der Waals surface area (Å²) in [7, 11) is 5.59. The van der Waals surface area contributed by atoms with Gasteiger partial charge in [0, 0.05) is 86.1 Å². The lowest BCUT2D eigenvalue weighted by Gasteiger charge is -2.05. The minimum absolute atomic E-state index is 0.0124. The van der Waals surface area contributed by atoms with Crippen LogP contribution in [0.5, 0.6) is 0 Å². The lowest BCUT2D eigenvalue weighted by Crippen LogP contribution is -2.32. The molecular weight excluding hydrogens is 648 g/mol. The van der Waals surface area contributed by atoms with Crippen molar-refractivity contribution in [3.05, 3.63) is 111 Å². The zero-order valence-corrected chi connectivity index (χ0v) is 28.2. The van der Waals surface area contributed by atoms with Gasteiger partial charge in [-0.2, -0.15) is 0 Å². The van der Waals surface area contributed by atoms with Gasteiger partial charge in [0.2, 0.25) is 0 Å². The number of carboxylic acid groups (broad SMARTS) is 2. The second kappa shape index (κ2) is 15.6. The third-order valence-electron chi connectivity index (χ3n) is 8.34. The Labute approximate surface area is 294 Å².